The van der Waals surface area contributed by atoms with Gasteiger partial charge in [-0.3, -0.25) is 4.79 Å². The van der Waals surface area contributed by atoms with Crippen molar-refractivity contribution in [1.82, 2.24) is 0 Å². The molecule has 3 nitrogen and oxygen atoms in total. The molecule has 5 heteroatoms. The molecule has 0 fully saturated rings. The smallest absolute Gasteiger partial charge is 0.292 e. The first-order chi connectivity index (χ1) is 9.05. The average Bonchev–Trinajstić information content (AvgIpc) is 2.22. The molecule has 1 rings (SSSR count). The van der Waals surface area contributed by atoms with Crippen LogP contribution < -0.4 is 4.43 Å². The van der Waals surface area contributed by atoms with Crippen molar-refractivity contribution < 1.29 is 13.6 Å². The summed E-state index contributed by atoms with van der Waals surface area (Å²) >= 11 is 0. The number of carbonyl (C=O) groups is 1. The van der Waals surface area contributed by atoms with Gasteiger partial charge in [-0.2, -0.15) is 0 Å². The van der Waals surface area contributed by atoms with Crippen LogP contribution in [0.4, 0.5) is 0 Å². The van der Waals surface area contributed by atoms with Crippen molar-refractivity contribution in [1.29, 1.82) is 0 Å². The molecule has 0 saturated heterocycles. The molecule has 0 bridgehead atoms. The molecular weight excluding hydrogens is 284 g/mol. The van der Waals surface area contributed by atoms with E-state index in [9.17, 15) is 4.79 Å². The molecular formula is C15H26O3Si2. The van der Waals surface area contributed by atoms with Crippen LogP contribution in [0.2, 0.25) is 39.3 Å². The predicted octanol–water partition coefficient (Wildman–Crippen LogP) is 4.21. The highest BCUT2D eigenvalue weighted by Gasteiger charge is 2.20. The van der Waals surface area contributed by atoms with Gasteiger partial charge >= 0.3 is 0 Å². The zero-order chi connectivity index (χ0) is 15.4. The molecule has 112 valence electrons. The molecule has 0 atom stereocenters. The first kappa shape index (κ1) is 17.0. The second-order valence-electron chi connectivity index (χ2n) is 6.95. The Kier molecular flexibility index (Phi) is 5.59. The highest BCUT2D eigenvalue weighted by atomic mass is 28.4. The van der Waals surface area contributed by atoms with E-state index < -0.39 is 16.6 Å². The Bertz CT molecular complexity index is 459. The lowest BCUT2D eigenvalue weighted by Crippen LogP contribution is -2.29. The lowest BCUT2D eigenvalue weighted by atomic mass is 10.1. The molecule has 0 unspecified atom stereocenters. The van der Waals surface area contributed by atoms with Gasteiger partial charge < -0.3 is 8.85 Å². The molecule has 1 aromatic rings. The Morgan fingerprint density at radius 2 is 1.70 bits per heavy atom. The second-order valence-corrected chi connectivity index (χ2v) is 15.8. The topological polar surface area (TPSA) is 35.5 Å². The van der Waals surface area contributed by atoms with Crippen LogP contribution in [0.3, 0.4) is 0 Å². The fourth-order valence-electron chi connectivity index (χ4n) is 1.76. The summed E-state index contributed by atoms with van der Waals surface area (Å²) in [6.07, 6.45) is 1.13. The van der Waals surface area contributed by atoms with E-state index >= 15 is 0 Å². The maximum Gasteiger partial charge on any atom is 0.292 e. The minimum atomic E-state index is -1.77. The number of benzene rings is 1. The molecule has 0 aliphatic carbocycles. The number of hydrogen-bond donors (Lipinski definition) is 0. The number of carbonyl (C=O) groups excluding carboxylic acids is 1. The van der Waals surface area contributed by atoms with E-state index in [2.05, 4.69) is 19.6 Å². The van der Waals surface area contributed by atoms with Gasteiger partial charge in [0.1, 0.15) is 5.75 Å². The van der Waals surface area contributed by atoms with Gasteiger partial charge in [-0.1, -0.05) is 12.1 Å². The predicted molar refractivity (Wildman–Crippen MR) is 88.2 cm³/mol. The zero-order valence-corrected chi connectivity index (χ0v) is 15.4. The maximum atomic E-state index is 11.7. The fraction of sp³-hybridized carbons (Fsp3) is 0.533. The molecule has 0 heterocycles. The van der Waals surface area contributed by atoms with Crippen LogP contribution >= 0.6 is 0 Å². The summed E-state index contributed by atoms with van der Waals surface area (Å²) in [6, 6.07) is 8.01. The largest absolute Gasteiger partial charge is 0.544 e. The standard InChI is InChI=1S/C15H26O3Si2/c1-19(2,3)17-14-9-7-8-13(12-14)10-11-15(16)18-20(4,5)6/h7-9,12H,10-11H2,1-6H3. The molecule has 0 aliphatic rings. The Labute approximate surface area is 124 Å². The molecule has 0 aromatic heterocycles. The second kappa shape index (κ2) is 6.58. The maximum absolute atomic E-state index is 11.7. The SMILES string of the molecule is C[Si](C)(C)OC(=O)CCc1cccc(O[Si](C)(C)C)c1. The minimum Gasteiger partial charge on any atom is -0.544 e. The summed E-state index contributed by atoms with van der Waals surface area (Å²) in [5.41, 5.74) is 1.12. The summed E-state index contributed by atoms with van der Waals surface area (Å²) in [7, 11) is -3.35. The lowest BCUT2D eigenvalue weighted by Gasteiger charge is -2.20. The van der Waals surface area contributed by atoms with Crippen molar-refractivity contribution in [2.75, 3.05) is 0 Å². The third-order valence-electron chi connectivity index (χ3n) is 2.36. The van der Waals surface area contributed by atoms with Gasteiger partial charge in [0.25, 0.3) is 5.97 Å². The molecule has 0 saturated carbocycles. The first-order valence-electron chi connectivity index (χ1n) is 7.05. The monoisotopic (exact) mass is 310 g/mol. The Hall–Kier alpha value is -1.08. The number of rotatable bonds is 6. The molecule has 0 N–H and O–H groups in total. The van der Waals surface area contributed by atoms with E-state index in [-0.39, 0.29) is 5.97 Å². The summed E-state index contributed by atoms with van der Waals surface area (Å²) in [5, 5.41) is 0. The van der Waals surface area contributed by atoms with Crippen LogP contribution in [0.15, 0.2) is 24.3 Å². The van der Waals surface area contributed by atoms with Gasteiger partial charge in [0, 0.05) is 6.42 Å². The van der Waals surface area contributed by atoms with Crippen LogP contribution in [-0.2, 0) is 15.6 Å². The highest BCUT2D eigenvalue weighted by Crippen LogP contribution is 2.19. The quantitative estimate of drug-likeness (QED) is 0.738. The summed E-state index contributed by atoms with van der Waals surface area (Å²) in [6.45, 7) is 12.5. The van der Waals surface area contributed by atoms with Gasteiger partial charge in [-0.25, -0.2) is 0 Å². The molecule has 0 spiro atoms. The van der Waals surface area contributed by atoms with Gasteiger partial charge in [-0.15, -0.1) is 0 Å². The van der Waals surface area contributed by atoms with Crippen molar-refractivity contribution in [2.24, 2.45) is 0 Å². The normalized spacial score (nSPS) is 12.1. The zero-order valence-electron chi connectivity index (χ0n) is 13.4. The van der Waals surface area contributed by atoms with Crippen molar-refractivity contribution in [2.45, 2.75) is 52.1 Å². The van der Waals surface area contributed by atoms with Crippen molar-refractivity contribution in [3.8, 4) is 5.75 Å². The molecule has 0 amide bonds. The first-order valence-corrected chi connectivity index (χ1v) is 13.9. The third kappa shape index (κ3) is 7.50. The summed E-state index contributed by atoms with van der Waals surface area (Å²) < 4.78 is 11.4. The van der Waals surface area contributed by atoms with Gasteiger partial charge in [0.2, 0.25) is 16.6 Å². The van der Waals surface area contributed by atoms with Gasteiger partial charge in [-0.05, 0) is 63.4 Å². The van der Waals surface area contributed by atoms with E-state index in [1.807, 2.05) is 43.9 Å². The van der Waals surface area contributed by atoms with Gasteiger partial charge in [0.15, 0.2) is 0 Å². The highest BCUT2D eigenvalue weighted by molar-refractivity contribution is 6.71. The van der Waals surface area contributed by atoms with E-state index in [0.29, 0.717) is 12.8 Å². The van der Waals surface area contributed by atoms with Crippen molar-refractivity contribution >= 4 is 22.6 Å². The van der Waals surface area contributed by atoms with E-state index in [0.717, 1.165) is 11.3 Å². The Balaban J connectivity index is 2.57. The molecule has 1 aromatic carbocycles. The average molecular weight is 311 g/mol. The van der Waals surface area contributed by atoms with Crippen LogP contribution in [-0.4, -0.2) is 22.6 Å². The van der Waals surface area contributed by atoms with E-state index in [1.54, 1.807) is 0 Å². The van der Waals surface area contributed by atoms with Crippen molar-refractivity contribution in [3.63, 3.8) is 0 Å². The van der Waals surface area contributed by atoms with E-state index in [1.165, 1.54) is 0 Å². The number of aryl methyl sites for hydroxylation is 1. The summed E-state index contributed by atoms with van der Waals surface area (Å²) in [5.74, 6) is 0.806. The fourth-order valence-corrected chi connectivity index (χ4v) is 3.38. The number of hydrogen-bond acceptors (Lipinski definition) is 3. The Morgan fingerprint density at radius 3 is 2.25 bits per heavy atom. The van der Waals surface area contributed by atoms with E-state index in [4.69, 9.17) is 8.85 Å². The third-order valence-corrected chi connectivity index (χ3v) is 4.05. The van der Waals surface area contributed by atoms with Crippen molar-refractivity contribution in [3.05, 3.63) is 29.8 Å². The Morgan fingerprint density at radius 1 is 1.05 bits per heavy atom. The molecule has 0 radical (unpaired) electrons. The van der Waals surface area contributed by atoms with Crippen LogP contribution in [0.1, 0.15) is 12.0 Å². The molecule has 0 aliphatic heterocycles. The van der Waals surface area contributed by atoms with Crippen LogP contribution in [0.25, 0.3) is 0 Å². The van der Waals surface area contributed by atoms with Crippen LogP contribution in [0, 0.1) is 0 Å². The van der Waals surface area contributed by atoms with Crippen LogP contribution in [0.5, 0.6) is 5.75 Å². The summed E-state index contributed by atoms with van der Waals surface area (Å²) in [4.78, 5) is 11.7. The van der Waals surface area contributed by atoms with Gasteiger partial charge in [0.05, 0.1) is 0 Å². The minimum absolute atomic E-state index is 0.0966. The lowest BCUT2D eigenvalue weighted by molar-refractivity contribution is -0.135. The molecule has 20 heavy (non-hydrogen) atoms.